The molecule has 0 spiro atoms. The number of carbonyl (C=O) groups excluding carboxylic acids is 6. The minimum absolute atomic E-state index is 0.134. The number of allylic oxidation sites excluding steroid dienone is 2. The van der Waals surface area contributed by atoms with Crippen LogP contribution >= 0.6 is 0 Å². The topological polar surface area (TPSA) is 182 Å². The van der Waals surface area contributed by atoms with E-state index in [1.165, 1.54) is 0 Å². The molecule has 0 aromatic heterocycles. The fourth-order valence-corrected chi connectivity index (χ4v) is 8.84. The van der Waals surface area contributed by atoms with Crippen LogP contribution in [0.3, 0.4) is 0 Å². The lowest BCUT2D eigenvalue weighted by atomic mass is 9.76. The number of fused-ring (bicyclic) bond motifs is 5. The van der Waals surface area contributed by atoms with Crippen LogP contribution in [0, 0.1) is 58.2 Å². The molecule has 0 radical (unpaired) electrons. The van der Waals surface area contributed by atoms with E-state index in [-0.39, 0.29) is 51.5 Å². The summed E-state index contributed by atoms with van der Waals surface area (Å²) < 4.78 is 30.9. The number of esters is 4. The Morgan fingerprint density at radius 1 is 0.600 bits per heavy atom. The minimum Gasteiger partial charge on any atom is -0.465 e. The Bertz CT molecular complexity index is 1350. The summed E-state index contributed by atoms with van der Waals surface area (Å²) in [6, 6.07) is 0. The first-order valence-corrected chi connectivity index (χ1v) is 17.8. The molecule has 5 fully saturated rings. The lowest BCUT2D eigenvalue weighted by molar-refractivity contribution is -0.167. The van der Waals surface area contributed by atoms with Gasteiger partial charge < -0.3 is 39.1 Å². The van der Waals surface area contributed by atoms with Crippen LogP contribution in [-0.4, -0.2) is 88.8 Å². The average molecular weight is 703 g/mol. The Hall–Kier alpha value is -4.10. The number of hydrogen-bond acceptors (Lipinski definition) is 12. The van der Waals surface area contributed by atoms with Gasteiger partial charge in [-0.2, -0.15) is 0 Å². The van der Waals surface area contributed by atoms with Gasteiger partial charge >= 0.3 is 36.1 Å². The van der Waals surface area contributed by atoms with Crippen molar-refractivity contribution in [1.29, 1.82) is 0 Å². The van der Waals surface area contributed by atoms with Gasteiger partial charge in [0, 0.05) is 24.9 Å². The smallest absolute Gasteiger partial charge is 0.407 e. The van der Waals surface area contributed by atoms with Gasteiger partial charge in [0.05, 0.1) is 13.2 Å². The molecule has 50 heavy (non-hydrogen) atoms. The first-order valence-electron chi connectivity index (χ1n) is 17.8. The van der Waals surface area contributed by atoms with Crippen LogP contribution in [0.5, 0.6) is 0 Å². The van der Waals surface area contributed by atoms with Crippen molar-refractivity contribution in [3.8, 4) is 0 Å². The molecule has 2 N–H and O–H groups in total. The Kier molecular flexibility index (Phi) is 11.8. The van der Waals surface area contributed by atoms with Crippen molar-refractivity contribution in [2.24, 2.45) is 58.2 Å². The molecule has 0 saturated heterocycles. The molecule has 2 amide bonds. The molecular weight excluding hydrogens is 652 g/mol. The summed E-state index contributed by atoms with van der Waals surface area (Å²) in [6.45, 7) is 11.4. The summed E-state index contributed by atoms with van der Waals surface area (Å²) in [5.74, 6) is -0.357. The van der Waals surface area contributed by atoms with Crippen LogP contribution < -0.4 is 10.6 Å². The van der Waals surface area contributed by atoms with E-state index in [9.17, 15) is 28.8 Å². The molecule has 5 saturated carbocycles. The summed E-state index contributed by atoms with van der Waals surface area (Å²) in [4.78, 5) is 74.5. The number of ether oxygens (including phenoxy) is 6. The Morgan fingerprint density at radius 3 is 1.54 bits per heavy atom. The number of carbonyl (C=O) groups is 6. The maximum atomic E-state index is 12.6. The van der Waals surface area contributed by atoms with Gasteiger partial charge in [0.25, 0.3) is 0 Å². The summed E-state index contributed by atoms with van der Waals surface area (Å²) >= 11 is 0. The largest absolute Gasteiger partial charge is 0.465 e. The van der Waals surface area contributed by atoms with E-state index in [0.717, 1.165) is 25.7 Å². The molecule has 14 heteroatoms. The highest BCUT2D eigenvalue weighted by molar-refractivity contribution is 6.05. The molecule has 0 aromatic rings. The molecule has 0 heterocycles. The molecule has 14 nitrogen and oxygen atoms in total. The fraction of sp³-hybridized carbons (Fsp3) is 0.722. The Labute approximate surface area is 292 Å². The third-order valence-electron chi connectivity index (χ3n) is 11.5. The van der Waals surface area contributed by atoms with Gasteiger partial charge in [0.1, 0.15) is 26.4 Å². The molecule has 5 rings (SSSR count). The number of amides is 2. The van der Waals surface area contributed by atoms with Crippen molar-refractivity contribution < 1.29 is 57.2 Å². The van der Waals surface area contributed by atoms with Gasteiger partial charge in [0.2, 0.25) is 0 Å². The van der Waals surface area contributed by atoms with Crippen LogP contribution in [0.25, 0.3) is 0 Å². The van der Waals surface area contributed by atoms with Crippen LogP contribution in [0.15, 0.2) is 25.3 Å². The Morgan fingerprint density at radius 2 is 1.06 bits per heavy atom. The zero-order valence-electron chi connectivity index (χ0n) is 29.0. The molecule has 276 valence electrons. The van der Waals surface area contributed by atoms with Crippen molar-refractivity contribution in [2.75, 3.05) is 52.7 Å². The molecule has 5 aliphatic carbocycles. The van der Waals surface area contributed by atoms with Gasteiger partial charge in [-0.25, -0.2) is 9.59 Å². The van der Waals surface area contributed by atoms with Crippen molar-refractivity contribution in [3.05, 3.63) is 25.3 Å². The van der Waals surface area contributed by atoms with Gasteiger partial charge in [0.15, 0.2) is 10.8 Å². The van der Waals surface area contributed by atoms with E-state index < -0.39 is 46.9 Å². The van der Waals surface area contributed by atoms with Crippen molar-refractivity contribution in [1.82, 2.24) is 10.6 Å². The summed E-state index contributed by atoms with van der Waals surface area (Å²) in [5.41, 5.74) is -2.69. The normalized spacial score (nSPS) is 34.0. The molecule has 10 atom stereocenters. The first kappa shape index (κ1) is 37.2. The highest BCUT2D eigenvalue weighted by atomic mass is 16.6. The van der Waals surface area contributed by atoms with Crippen LogP contribution in [0.4, 0.5) is 9.59 Å². The van der Waals surface area contributed by atoms with E-state index in [2.05, 4.69) is 23.8 Å². The SMILES string of the molecule is C=CC1CC1(C(=O)OCC)C(=O)OCCOC(=O)NCC1CC2C3CC(CNC(=O)OCCOC(=O)C4(C(=O)OCC)CC4C=C)C(C3)C2C1. The second kappa shape index (κ2) is 15.8. The third kappa shape index (κ3) is 7.48. The average Bonchev–Trinajstić information content (AvgIpc) is 3.88. The van der Waals surface area contributed by atoms with Crippen LogP contribution in [0.1, 0.15) is 52.4 Å². The third-order valence-corrected chi connectivity index (χ3v) is 11.5. The zero-order valence-corrected chi connectivity index (χ0v) is 29.0. The zero-order chi connectivity index (χ0) is 36.1. The van der Waals surface area contributed by atoms with E-state index in [1.807, 2.05) is 0 Å². The van der Waals surface area contributed by atoms with Gasteiger partial charge in [-0.15, -0.1) is 13.2 Å². The highest BCUT2D eigenvalue weighted by Crippen LogP contribution is 2.62. The predicted molar refractivity (Wildman–Crippen MR) is 175 cm³/mol. The second-order valence-electron chi connectivity index (χ2n) is 14.1. The number of hydrogen-bond donors (Lipinski definition) is 2. The molecule has 2 bridgehead atoms. The molecular formula is C36H50N2O12. The minimum atomic E-state index is -1.35. The fourth-order valence-electron chi connectivity index (χ4n) is 8.84. The van der Waals surface area contributed by atoms with Gasteiger partial charge in [-0.05, 0) is 87.9 Å². The van der Waals surface area contributed by atoms with Crippen molar-refractivity contribution >= 4 is 36.1 Å². The first-order chi connectivity index (χ1) is 24.0. The quantitative estimate of drug-likeness (QED) is 0.0700. The Balaban J connectivity index is 0.938. The van der Waals surface area contributed by atoms with Gasteiger partial charge in [-0.1, -0.05) is 12.2 Å². The monoisotopic (exact) mass is 702 g/mol. The van der Waals surface area contributed by atoms with E-state index in [4.69, 9.17) is 28.4 Å². The highest BCUT2D eigenvalue weighted by Gasteiger charge is 2.68. The summed E-state index contributed by atoms with van der Waals surface area (Å²) in [6.07, 6.45) is 6.74. The van der Waals surface area contributed by atoms with E-state index in [1.54, 1.807) is 26.0 Å². The summed E-state index contributed by atoms with van der Waals surface area (Å²) in [7, 11) is 0. The van der Waals surface area contributed by atoms with E-state index >= 15 is 0 Å². The standard InChI is InChI=1S/C36H50N2O12/c1-5-24-17-35(24,29(39)45-7-3)31(41)47-9-11-49-33(43)37-19-21-13-26-22-15-23(27(16-22)28(26)14-21)20-38-34(44)50-12-10-48-32(42)36(18-25(36)6-2)30(40)46-8-4/h5-6,21-28H,1-2,7-20H2,3-4H3,(H,37,43)(H,38,44). The summed E-state index contributed by atoms with van der Waals surface area (Å²) in [5, 5.41) is 5.70. The van der Waals surface area contributed by atoms with E-state index in [0.29, 0.717) is 61.4 Å². The van der Waals surface area contributed by atoms with Crippen molar-refractivity contribution in [2.45, 2.75) is 52.4 Å². The molecule has 0 aliphatic heterocycles. The maximum absolute atomic E-state index is 12.6. The molecule has 0 aromatic carbocycles. The molecule has 10 unspecified atom stereocenters. The van der Waals surface area contributed by atoms with Crippen LogP contribution in [0.2, 0.25) is 0 Å². The lowest BCUT2D eigenvalue weighted by Gasteiger charge is -2.31. The van der Waals surface area contributed by atoms with Crippen molar-refractivity contribution in [3.63, 3.8) is 0 Å². The number of nitrogens with one attached hydrogen (secondary N) is 2. The van der Waals surface area contributed by atoms with Crippen LogP contribution in [-0.2, 0) is 47.6 Å². The number of rotatable bonds is 18. The lowest BCUT2D eigenvalue weighted by Crippen LogP contribution is -2.36. The predicted octanol–water partition coefficient (Wildman–Crippen LogP) is 3.33. The second-order valence-corrected chi connectivity index (χ2v) is 14.1. The van der Waals surface area contributed by atoms with Gasteiger partial charge in [-0.3, -0.25) is 19.2 Å². The maximum Gasteiger partial charge on any atom is 0.407 e. The number of alkyl carbamates (subject to hydrolysis) is 2. The molecule has 5 aliphatic rings.